The average Bonchev–Trinajstić information content (AvgIpc) is 3.13. The number of azo groups is 1. The minimum absolute atomic E-state index is 0.130. The van der Waals surface area contributed by atoms with Crippen LogP contribution in [0.15, 0.2) is 40.0 Å². The van der Waals surface area contributed by atoms with E-state index in [9.17, 15) is 0 Å². The number of thiazole rings is 1. The molecule has 190 valence electrons. The van der Waals surface area contributed by atoms with E-state index < -0.39 is 0 Å². The number of benzene rings is 1. The quantitative estimate of drug-likeness (QED) is 0.252. The Labute approximate surface area is 211 Å². The molecule has 7 heteroatoms. The first-order valence-corrected chi connectivity index (χ1v) is 13.1. The van der Waals surface area contributed by atoms with Crippen LogP contribution < -0.4 is 9.47 Å². The van der Waals surface area contributed by atoms with Gasteiger partial charge in [-0.15, -0.1) is 0 Å². The Bertz CT molecular complexity index is 901. The zero-order chi connectivity index (χ0) is 25.5. The summed E-state index contributed by atoms with van der Waals surface area (Å²) in [6.45, 7) is 22.6. The number of aromatic nitrogens is 1. The van der Waals surface area contributed by atoms with Crippen LogP contribution in [0.5, 0.6) is 0 Å². The number of nitrogens with zero attached hydrogens (tertiary/aromatic N) is 4. The first-order valence-electron chi connectivity index (χ1n) is 12.2. The van der Waals surface area contributed by atoms with Crippen molar-refractivity contribution in [3.63, 3.8) is 0 Å². The lowest BCUT2D eigenvalue weighted by Crippen LogP contribution is -2.37. The van der Waals surface area contributed by atoms with Crippen molar-refractivity contribution < 1.29 is 14.0 Å². The minimum Gasteiger partial charge on any atom is -0.376 e. The van der Waals surface area contributed by atoms with Gasteiger partial charge in [0.05, 0.1) is 36.6 Å². The molecule has 0 spiro atoms. The normalized spacial score (nSPS) is 14.5. The number of anilines is 1. The largest absolute Gasteiger partial charge is 0.408 e. The average molecular weight is 490 g/mol. The van der Waals surface area contributed by atoms with Crippen molar-refractivity contribution in [2.75, 3.05) is 31.2 Å². The minimum atomic E-state index is -0.130. The molecule has 1 aromatic heterocycles. The molecule has 0 aliphatic heterocycles. The van der Waals surface area contributed by atoms with E-state index in [1.165, 1.54) is 5.69 Å². The van der Waals surface area contributed by atoms with E-state index in [-0.39, 0.29) is 11.2 Å². The number of hydrogen-bond acceptors (Lipinski definition) is 6. The van der Waals surface area contributed by atoms with Crippen molar-refractivity contribution in [1.29, 1.82) is 0 Å². The van der Waals surface area contributed by atoms with Crippen LogP contribution in [0, 0.1) is 18.8 Å². The van der Waals surface area contributed by atoms with Gasteiger partial charge < -0.3 is 14.4 Å². The van der Waals surface area contributed by atoms with Crippen LogP contribution in [0.4, 0.5) is 16.5 Å². The van der Waals surface area contributed by atoms with Gasteiger partial charge in [-0.2, -0.15) is 0 Å². The molecule has 34 heavy (non-hydrogen) atoms. The van der Waals surface area contributed by atoms with Crippen molar-refractivity contribution in [2.45, 2.75) is 73.5 Å². The predicted octanol–water partition coefficient (Wildman–Crippen LogP) is 7.01. The smallest absolute Gasteiger partial charge is 0.376 e. The lowest BCUT2D eigenvalue weighted by molar-refractivity contribution is -0.654. The molecule has 0 bridgehead atoms. The molecule has 0 aliphatic carbocycles. The Balaban J connectivity index is 2.18. The second-order valence-electron chi connectivity index (χ2n) is 11.4. The van der Waals surface area contributed by atoms with E-state index >= 15 is 0 Å². The SMILES string of the molecule is Cc1cc(N(CC(C)COC(C)(C)C)CC(C)COC(C)(C)C)ccc1N=Nc1scc[n+]1C. The van der Waals surface area contributed by atoms with E-state index in [4.69, 9.17) is 9.47 Å². The number of ether oxygens (including phenoxy) is 2. The van der Waals surface area contributed by atoms with E-state index in [0.29, 0.717) is 11.8 Å². The maximum atomic E-state index is 6.07. The lowest BCUT2D eigenvalue weighted by Gasteiger charge is -2.33. The van der Waals surface area contributed by atoms with Crippen molar-refractivity contribution in [2.24, 2.45) is 29.1 Å². The molecule has 2 rings (SSSR count). The van der Waals surface area contributed by atoms with Gasteiger partial charge in [-0.3, -0.25) is 0 Å². The maximum absolute atomic E-state index is 6.07. The zero-order valence-electron chi connectivity index (χ0n) is 22.9. The number of hydrogen-bond donors (Lipinski definition) is 0. The van der Waals surface area contributed by atoms with Gasteiger partial charge >= 0.3 is 5.13 Å². The van der Waals surface area contributed by atoms with Crippen LogP contribution in [0.2, 0.25) is 0 Å². The van der Waals surface area contributed by atoms with Crippen LogP contribution >= 0.6 is 11.3 Å². The maximum Gasteiger partial charge on any atom is 0.408 e. The highest BCUT2D eigenvalue weighted by atomic mass is 32.1. The molecule has 0 fully saturated rings. The fourth-order valence-electron chi connectivity index (χ4n) is 3.40. The third-order valence-electron chi connectivity index (χ3n) is 5.21. The molecule has 2 atom stereocenters. The highest BCUT2D eigenvalue weighted by Gasteiger charge is 2.20. The molecule has 2 aromatic rings. The molecule has 2 unspecified atom stereocenters. The first-order chi connectivity index (χ1) is 15.7. The van der Waals surface area contributed by atoms with Crippen LogP contribution in [-0.2, 0) is 16.5 Å². The molecule has 1 aromatic carbocycles. The Morgan fingerprint density at radius 3 is 1.94 bits per heavy atom. The highest BCUT2D eigenvalue weighted by Crippen LogP contribution is 2.28. The van der Waals surface area contributed by atoms with E-state index in [1.807, 2.05) is 23.2 Å². The molecule has 0 amide bonds. The standard InChI is InChI=1S/C27H45N4O2S/c1-20(18-32-26(4,5)6)16-31(17-21(2)19-33-27(7,8)9)23-11-12-24(22(3)15-23)28-29-25-30(10)13-14-34-25/h11-15,20-21H,16-19H2,1-10H3/q+1. The van der Waals surface area contributed by atoms with Gasteiger partial charge in [0.25, 0.3) is 0 Å². The molecular weight excluding hydrogens is 444 g/mol. The molecule has 0 saturated heterocycles. The van der Waals surface area contributed by atoms with E-state index in [2.05, 4.69) is 95.6 Å². The Morgan fingerprint density at radius 2 is 1.50 bits per heavy atom. The zero-order valence-corrected chi connectivity index (χ0v) is 23.7. The molecule has 6 nitrogen and oxygen atoms in total. The lowest BCUT2D eigenvalue weighted by atomic mass is 10.1. The topological polar surface area (TPSA) is 50.3 Å². The van der Waals surface area contributed by atoms with Gasteiger partial charge in [0.15, 0.2) is 0 Å². The summed E-state index contributed by atoms with van der Waals surface area (Å²) in [5.41, 5.74) is 2.95. The van der Waals surface area contributed by atoms with Gasteiger partial charge in [-0.1, -0.05) is 13.8 Å². The fourth-order valence-corrected chi connectivity index (χ4v) is 4.08. The fraction of sp³-hybridized carbons (Fsp3) is 0.667. The highest BCUT2D eigenvalue weighted by molar-refractivity contribution is 7.12. The molecule has 0 saturated carbocycles. The number of aryl methyl sites for hydroxylation is 2. The van der Waals surface area contributed by atoms with Crippen molar-refractivity contribution >= 4 is 27.8 Å². The molecular formula is C27H45N4O2S+. The van der Waals surface area contributed by atoms with Gasteiger partial charge in [0.1, 0.15) is 11.9 Å². The summed E-state index contributed by atoms with van der Waals surface area (Å²) >= 11 is 1.58. The Morgan fingerprint density at radius 1 is 0.941 bits per heavy atom. The Hall–Kier alpha value is -1.83. The first kappa shape index (κ1) is 28.4. The molecule has 0 N–H and O–H groups in total. The van der Waals surface area contributed by atoms with Crippen LogP contribution in [0.3, 0.4) is 0 Å². The second kappa shape index (κ2) is 12.2. The van der Waals surface area contributed by atoms with Crippen molar-refractivity contribution in [3.8, 4) is 0 Å². The third-order valence-corrected chi connectivity index (χ3v) is 6.05. The van der Waals surface area contributed by atoms with E-state index in [1.54, 1.807) is 11.3 Å². The van der Waals surface area contributed by atoms with E-state index in [0.717, 1.165) is 42.7 Å². The van der Waals surface area contributed by atoms with Gasteiger partial charge in [-0.05, 0) is 101 Å². The molecule has 0 radical (unpaired) electrons. The molecule has 0 aliphatic rings. The molecule has 1 heterocycles. The second-order valence-corrected chi connectivity index (χ2v) is 12.3. The summed E-state index contributed by atoms with van der Waals surface area (Å²) in [5.74, 6) is 0.793. The summed E-state index contributed by atoms with van der Waals surface area (Å²) in [5, 5.41) is 11.8. The van der Waals surface area contributed by atoms with Crippen molar-refractivity contribution in [1.82, 2.24) is 0 Å². The predicted molar refractivity (Wildman–Crippen MR) is 143 cm³/mol. The summed E-state index contributed by atoms with van der Waals surface area (Å²) in [7, 11) is 1.98. The Kier molecular flexibility index (Phi) is 10.2. The number of rotatable bonds is 11. The van der Waals surface area contributed by atoms with Gasteiger partial charge in [0.2, 0.25) is 0 Å². The summed E-state index contributed by atoms with van der Waals surface area (Å²) in [6, 6.07) is 6.45. The van der Waals surface area contributed by atoms with Crippen LogP contribution in [-0.4, -0.2) is 37.5 Å². The van der Waals surface area contributed by atoms with Crippen molar-refractivity contribution in [3.05, 3.63) is 35.3 Å². The van der Waals surface area contributed by atoms with Gasteiger partial charge in [0, 0.05) is 24.2 Å². The summed E-state index contributed by atoms with van der Waals surface area (Å²) in [6.07, 6.45) is 1.99. The van der Waals surface area contributed by atoms with Gasteiger partial charge in [-0.25, -0.2) is 4.57 Å². The van der Waals surface area contributed by atoms with Crippen LogP contribution in [0.1, 0.15) is 61.0 Å². The van der Waals surface area contributed by atoms with Crippen LogP contribution in [0.25, 0.3) is 0 Å². The monoisotopic (exact) mass is 489 g/mol. The third kappa shape index (κ3) is 10.2. The summed E-state index contributed by atoms with van der Waals surface area (Å²) in [4.78, 5) is 2.46. The summed E-state index contributed by atoms with van der Waals surface area (Å²) < 4.78 is 14.1.